The summed E-state index contributed by atoms with van der Waals surface area (Å²) in [5, 5.41) is 0. The van der Waals surface area contributed by atoms with Crippen LogP contribution in [-0.4, -0.2) is 5.97 Å². The maximum Gasteiger partial charge on any atom is 0.317 e. The molecular weight excluding hydrogens is 249 g/mol. The molecule has 0 aliphatic carbocycles. The molecule has 0 atom stereocenters. The molecule has 0 saturated carbocycles. The molecule has 0 N–H and O–H groups in total. The van der Waals surface area contributed by atoms with E-state index in [0.717, 1.165) is 6.42 Å². The fraction of sp³-hybridized carbons (Fsp3) is 0.667. The molecule has 0 aliphatic heterocycles. The van der Waals surface area contributed by atoms with Gasteiger partial charge in [0.2, 0.25) is 0 Å². The number of halogens is 1. The molecule has 10 heavy (non-hydrogen) atoms. The van der Waals surface area contributed by atoms with Crippen molar-refractivity contribution in [2.24, 2.45) is 0 Å². The zero-order valence-corrected chi connectivity index (χ0v) is 11.1. The molecule has 0 heterocycles. The van der Waals surface area contributed by atoms with Crippen molar-refractivity contribution in [2.45, 2.75) is 26.7 Å². The number of carbonyl (C=O) groups is 1. The summed E-state index contributed by atoms with van der Waals surface area (Å²) in [6.45, 7) is 6.92. The van der Waals surface area contributed by atoms with Gasteiger partial charge in [0.15, 0.2) is 16.3 Å². The molecule has 4 heteroatoms. The van der Waals surface area contributed by atoms with Gasteiger partial charge in [0.05, 0.1) is 0 Å². The van der Waals surface area contributed by atoms with E-state index in [1.807, 2.05) is 6.92 Å². The molecule has 0 rings (SSSR count). The molecule has 0 aromatic heterocycles. The Morgan fingerprint density at radius 2 is 2.00 bits per heavy atom. The van der Waals surface area contributed by atoms with Crippen molar-refractivity contribution in [3.63, 3.8) is 0 Å². The first-order valence-corrected chi connectivity index (χ1v) is 3.48. The Morgan fingerprint density at radius 3 is 2.10 bits per heavy atom. The van der Waals surface area contributed by atoms with Gasteiger partial charge in [-0.3, -0.25) is 4.79 Å². The van der Waals surface area contributed by atoms with Gasteiger partial charge in [0.1, 0.15) is 0 Å². The van der Waals surface area contributed by atoms with E-state index in [2.05, 4.69) is 27.0 Å². The van der Waals surface area contributed by atoms with Crippen LogP contribution in [0.4, 0.5) is 0 Å². The predicted molar refractivity (Wildman–Crippen MR) is 41.0 cm³/mol. The second-order valence-electron chi connectivity index (χ2n) is 1.20. The third-order valence-electron chi connectivity index (χ3n) is 0.540. The van der Waals surface area contributed by atoms with Gasteiger partial charge in [-0.1, -0.05) is 6.92 Å². The molecular formula is C6H12BrO2Zn-. The van der Waals surface area contributed by atoms with E-state index < -0.39 is 0 Å². The van der Waals surface area contributed by atoms with Crippen molar-refractivity contribution in [1.29, 1.82) is 0 Å². The molecule has 0 unspecified atom stereocenters. The summed E-state index contributed by atoms with van der Waals surface area (Å²) in [4.78, 5) is 10.1. The second kappa shape index (κ2) is 16.3. The molecule has 0 radical (unpaired) electrons. The van der Waals surface area contributed by atoms with Crippen LogP contribution < -0.4 is 0 Å². The van der Waals surface area contributed by atoms with Crippen LogP contribution in [0.25, 0.3) is 0 Å². The summed E-state index contributed by atoms with van der Waals surface area (Å²) in [6, 6.07) is 0. The zero-order chi connectivity index (χ0) is 7.70. The van der Waals surface area contributed by atoms with Crippen LogP contribution in [-0.2, 0) is 28.1 Å². The van der Waals surface area contributed by atoms with E-state index in [0.29, 0.717) is 6.42 Å². The average Bonchev–Trinajstić information content (AvgIpc) is 1.93. The minimum atomic E-state index is -0.206. The second-order valence-corrected chi connectivity index (χ2v) is 1.52. The maximum atomic E-state index is 10.1. The molecule has 0 aliphatic rings. The van der Waals surface area contributed by atoms with Gasteiger partial charge in [0.25, 0.3) is 0 Å². The Balaban J connectivity index is -0.000000149. The molecule has 0 bridgehead atoms. The van der Waals surface area contributed by atoms with Gasteiger partial charge < -0.3 is 10.8 Å². The van der Waals surface area contributed by atoms with Crippen LogP contribution >= 0.6 is 16.3 Å². The molecule has 58 valence electrons. The number of hydrogen-bond acceptors (Lipinski definition) is 2. The Hall–Kier alpha value is 0.573. The van der Waals surface area contributed by atoms with Crippen molar-refractivity contribution < 1.29 is 28.1 Å². The van der Waals surface area contributed by atoms with Gasteiger partial charge in [-0.2, -0.15) is 6.92 Å². The molecule has 0 aromatic rings. The summed E-state index contributed by atoms with van der Waals surface area (Å²) < 4.78 is 4.16. The van der Waals surface area contributed by atoms with Crippen molar-refractivity contribution in [3.8, 4) is 0 Å². The minimum Gasteiger partial charge on any atom is -0.384 e. The summed E-state index contributed by atoms with van der Waals surface area (Å²) >= 11 is 2.57. The zero-order valence-electron chi connectivity index (χ0n) is 6.52. The maximum absolute atomic E-state index is 10.1. The smallest absolute Gasteiger partial charge is 0.317 e. The van der Waals surface area contributed by atoms with Crippen LogP contribution in [0.15, 0.2) is 0 Å². The number of rotatable bonds is 2. The first kappa shape index (κ1) is 16.9. The standard InChI is InChI=1S/C4H7BrO2.C2H5.Zn/c1-2-3-4(6)7-5;1-2;/h2-3H2,1H3;1H2,2H3;/q;-1;. The molecule has 0 spiro atoms. The van der Waals surface area contributed by atoms with Crippen molar-refractivity contribution in [1.82, 2.24) is 0 Å². The Bertz CT molecular complexity index is 68.8. The summed E-state index contributed by atoms with van der Waals surface area (Å²) in [6.07, 6.45) is 1.33. The van der Waals surface area contributed by atoms with Crippen LogP contribution in [0.1, 0.15) is 26.7 Å². The van der Waals surface area contributed by atoms with E-state index in [-0.39, 0.29) is 25.4 Å². The third kappa shape index (κ3) is 15.8. The Kier molecular flexibility index (Phi) is 27.5. The molecule has 2 nitrogen and oxygen atoms in total. The average molecular weight is 261 g/mol. The van der Waals surface area contributed by atoms with Gasteiger partial charge >= 0.3 is 5.97 Å². The number of hydrogen-bond donors (Lipinski definition) is 0. The predicted octanol–water partition coefficient (Wildman–Crippen LogP) is 2.48. The minimum absolute atomic E-state index is 0. The fourth-order valence-electron chi connectivity index (χ4n) is 0.243. The quantitative estimate of drug-likeness (QED) is 0.564. The topological polar surface area (TPSA) is 26.3 Å². The van der Waals surface area contributed by atoms with E-state index in [4.69, 9.17) is 0 Å². The number of carbonyl (C=O) groups excluding carboxylic acids is 1. The largest absolute Gasteiger partial charge is 0.384 e. The van der Waals surface area contributed by atoms with Gasteiger partial charge in [-0.05, 0) is 6.42 Å². The van der Waals surface area contributed by atoms with Crippen molar-refractivity contribution >= 4 is 22.2 Å². The van der Waals surface area contributed by atoms with E-state index in [1.54, 1.807) is 6.92 Å². The SMILES string of the molecule is CCCC(=O)OBr.[CH2-]C.[Zn]. The van der Waals surface area contributed by atoms with Gasteiger partial charge in [-0.15, -0.1) is 0 Å². The third-order valence-corrected chi connectivity index (χ3v) is 0.901. The van der Waals surface area contributed by atoms with Crippen LogP contribution in [0, 0.1) is 6.92 Å². The first-order chi connectivity index (χ1) is 4.31. The van der Waals surface area contributed by atoms with Crippen LogP contribution in [0.2, 0.25) is 0 Å². The van der Waals surface area contributed by atoms with Crippen molar-refractivity contribution in [3.05, 3.63) is 6.92 Å². The van der Waals surface area contributed by atoms with E-state index in [9.17, 15) is 4.79 Å². The van der Waals surface area contributed by atoms with Crippen LogP contribution in [0.3, 0.4) is 0 Å². The molecule has 0 saturated heterocycles. The Labute approximate surface area is 83.9 Å². The molecule has 0 amide bonds. The van der Waals surface area contributed by atoms with E-state index in [1.165, 1.54) is 0 Å². The summed E-state index contributed by atoms with van der Waals surface area (Å²) in [5.41, 5.74) is 0. The fourth-order valence-corrected chi connectivity index (χ4v) is 0.405. The van der Waals surface area contributed by atoms with Gasteiger partial charge in [-0.25, -0.2) is 0 Å². The first-order valence-electron chi connectivity index (χ1n) is 2.83. The summed E-state index contributed by atoms with van der Waals surface area (Å²) in [5.74, 6) is -0.206. The van der Waals surface area contributed by atoms with Crippen LogP contribution in [0.5, 0.6) is 0 Å². The van der Waals surface area contributed by atoms with Gasteiger partial charge in [0, 0.05) is 25.9 Å². The Morgan fingerprint density at radius 1 is 1.60 bits per heavy atom. The normalized spacial score (nSPS) is 6.40. The monoisotopic (exact) mass is 259 g/mol. The molecule has 0 fully saturated rings. The molecule has 0 aromatic carbocycles. The van der Waals surface area contributed by atoms with Crippen molar-refractivity contribution in [2.75, 3.05) is 0 Å². The summed E-state index contributed by atoms with van der Waals surface area (Å²) in [7, 11) is 0. The van der Waals surface area contributed by atoms with E-state index >= 15 is 0 Å².